The van der Waals surface area contributed by atoms with Gasteiger partial charge in [-0.3, -0.25) is 4.99 Å². The number of hydrogen-bond acceptors (Lipinski definition) is 1. The van der Waals surface area contributed by atoms with E-state index in [1.165, 1.54) is 66.4 Å². The first-order valence-electron chi connectivity index (χ1n) is 10.6. The fraction of sp³-hybridized carbons (Fsp3) is 0.708. The van der Waals surface area contributed by atoms with Gasteiger partial charge in [0.2, 0.25) is 0 Å². The van der Waals surface area contributed by atoms with Gasteiger partial charge < -0.3 is 0 Å². The van der Waals surface area contributed by atoms with Crippen LogP contribution in [0.2, 0.25) is 0 Å². The zero-order valence-corrected chi connectivity index (χ0v) is 18.3. The van der Waals surface area contributed by atoms with Gasteiger partial charge in [0.25, 0.3) is 0 Å². The minimum absolute atomic E-state index is 0.860. The van der Waals surface area contributed by atoms with Crippen molar-refractivity contribution in [1.29, 1.82) is 0 Å². The van der Waals surface area contributed by atoms with Crippen LogP contribution < -0.4 is 0 Å². The van der Waals surface area contributed by atoms with Crippen LogP contribution in [0.15, 0.2) is 38.9 Å². The molecule has 1 heteroatoms. The van der Waals surface area contributed by atoms with E-state index >= 15 is 0 Å². The molecule has 1 unspecified atom stereocenters. The van der Waals surface area contributed by atoms with Gasteiger partial charge in [0.05, 0.1) is 6.54 Å². The van der Waals surface area contributed by atoms with Crippen LogP contribution in [0, 0.1) is 5.92 Å². The first-order valence-corrected chi connectivity index (χ1v) is 10.6. The lowest BCUT2D eigenvalue weighted by Gasteiger charge is -2.07. The highest BCUT2D eigenvalue weighted by molar-refractivity contribution is 5.90. The van der Waals surface area contributed by atoms with Crippen LogP contribution >= 0.6 is 0 Å². The van der Waals surface area contributed by atoms with Crippen molar-refractivity contribution in [3.63, 3.8) is 0 Å². The van der Waals surface area contributed by atoms with Crippen molar-refractivity contribution < 1.29 is 0 Å². The lowest BCUT2D eigenvalue weighted by atomic mass is 9.99. The summed E-state index contributed by atoms with van der Waals surface area (Å²) in [4.78, 5) is 4.23. The average molecular weight is 346 g/mol. The minimum Gasteiger partial charge on any atom is -0.288 e. The summed E-state index contributed by atoms with van der Waals surface area (Å²) in [6.45, 7) is 18.4. The third-order valence-corrected chi connectivity index (χ3v) is 4.99. The molecule has 1 heterocycles. The molecule has 0 spiro atoms. The van der Waals surface area contributed by atoms with Crippen molar-refractivity contribution >= 4 is 6.21 Å². The number of rotatable bonds is 7. The van der Waals surface area contributed by atoms with Gasteiger partial charge in [0, 0.05) is 6.21 Å². The summed E-state index contributed by atoms with van der Waals surface area (Å²) in [5.41, 5.74) is 7.23. The molecule has 0 saturated heterocycles. The molecule has 1 nitrogen and oxygen atoms in total. The van der Waals surface area contributed by atoms with E-state index in [0.29, 0.717) is 0 Å². The normalized spacial score (nSPS) is 17.0. The average Bonchev–Trinajstić information content (AvgIpc) is 3.19. The Balaban J connectivity index is 0.000000434. The summed E-state index contributed by atoms with van der Waals surface area (Å²) in [6.07, 6.45) is 13.8. The Kier molecular flexibility index (Phi) is 13.5. The van der Waals surface area contributed by atoms with E-state index in [4.69, 9.17) is 0 Å². The molecule has 0 aromatic rings. The van der Waals surface area contributed by atoms with Crippen LogP contribution in [0.25, 0.3) is 0 Å². The zero-order valence-electron chi connectivity index (χ0n) is 18.3. The van der Waals surface area contributed by atoms with Gasteiger partial charge in [-0.15, -0.1) is 0 Å². The Hall–Kier alpha value is -1.11. The molecule has 2 rings (SSSR count). The van der Waals surface area contributed by atoms with Crippen molar-refractivity contribution in [3.8, 4) is 0 Å². The number of hydrogen-bond donors (Lipinski definition) is 0. The molecule has 0 bridgehead atoms. The van der Waals surface area contributed by atoms with Crippen LogP contribution in [0.3, 0.4) is 0 Å². The standard InChI is InChI=1S/C12H15N.C10H22.C2H6/c1-8-6-9(2)12(10(8)3)11-4-5-13-7-11;1-4-6-7-9-10(3)8-5-2;1-2/h4,7H,5-6H2,1-3H3;10H,4-9H2,1-3H3;1-2H3. The fourth-order valence-electron chi connectivity index (χ4n) is 3.52. The van der Waals surface area contributed by atoms with Gasteiger partial charge in [0.15, 0.2) is 0 Å². The smallest absolute Gasteiger partial charge is 0.0580 e. The third kappa shape index (κ3) is 8.70. The zero-order chi connectivity index (χ0) is 19.2. The van der Waals surface area contributed by atoms with Crippen LogP contribution in [0.4, 0.5) is 0 Å². The topological polar surface area (TPSA) is 12.4 Å². The van der Waals surface area contributed by atoms with Crippen molar-refractivity contribution in [1.82, 2.24) is 0 Å². The van der Waals surface area contributed by atoms with Gasteiger partial charge in [-0.25, -0.2) is 0 Å². The van der Waals surface area contributed by atoms with Crippen molar-refractivity contribution in [2.45, 2.75) is 100 Å². The summed E-state index contributed by atoms with van der Waals surface area (Å²) in [5.74, 6) is 0.969. The lowest BCUT2D eigenvalue weighted by molar-refractivity contribution is 0.459. The molecule has 25 heavy (non-hydrogen) atoms. The summed E-state index contributed by atoms with van der Waals surface area (Å²) in [5, 5.41) is 0. The van der Waals surface area contributed by atoms with E-state index in [9.17, 15) is 0 Å². The van der Waals surface area contributed by atoms with E-state index in [-0.39, 0.29) is 0 Å². The Labute approximate surface area is 158 Å². The predicted octanol–water partition coefficient (Wildman–Crippen LogP) is 8.08. The van der Waals surface area contributed by atoms with E-state index in [2.05, 4.69) is 52.6 Å². The van der Waals surface area contributed by atoms with E-state index < -0.39 is 0 Å². The number of allylic oxidation sites excluding steroid dienone is 5. The van der Waals surface area contributed by atoms with E-state index in [0.717, 1.165) is 18.9 Å². The van der Waals surface area contributed by atoms with Gasteiger partial charge in [-0.05, 0) is 49.8 Å². The molecule has 1 atom stereocenters. The Morgan fingerprint density at radius 2 is 1.64 bits per heavy atom. The Morgan fingerprint density at radius 1 is 0.960 bits per heavy atom. The van der Waals surface area contributed by atoms with Gasteiger partial charge in [-0.1, -0.05) is 90.4 Å². The third-order valence-electron chi connectivity index (χ3n) is 4.99. The summed E-state index contributed by atoms with van der Waals surface area (Å²) in [6, 6.07) is 0. The first kappa shape index (κ1) is 23.9. The molecule has 144 valence electrons. The quantitative estimate of drug-likeness (QED) is 0.413. The van der Waals surface area contributed by atoms with E-state index in [1.54, 1.807) is 0 Å². The molecule has 0 radical (unpaired) electrons. The largest absolute Gasteiger partial charge is 0.288 e. The van der Waals surface area contributed by atoms with Crippen LogP contribution in [0.1, 0.15) is 100 Å². The highest BCUT2D eigenvalue weighted by Gasteiger charge is 2.19. The summed E-state index contributed by atoms with van der Waals surface area (Å²) < 4.78 is 0. The summed E-state index contributed by atoms with van der Waals surface area (Å²) >= 11 is 0. The maximum Gasteiger partial charge on any atom is 0.0580 e. The number of nitrogens with zero attached hydrogens (tertiary/aromatic N) is 1. The second-order valence-corrected chi connectivity index (χ2v) is 7.28. The highest BCUT2D eigenvalue weighted by atomic mass is 14.7. The molecule has 2 aliphatic rings. The first-order chi connectivity index (χ1) is 12.0. The lowest BCUT2D eigenvalue weighted by Crippen LogP contribution is -1.92. The molecule has 0 aromatic heterocycles. The highest BCUT2D eigenvalue weighted by Crippen LogP contribution is 2.35. The predicted molar refractivity (Wildman–Crippen MR) is 117 cm³/mol. The Morgan fingerprint density at radius 3 is 2.08 bits per heavy atom. The molecule has 0 amide bonds. The van der Waals surface area contributed by atoms with Crippen molar-refractivity contribution in [2.24, 2.45) is 10.9 Å². The molecule has 1 aliphatic heterocycles. The van der Waals surface area contributed by atoms with Gasteiger partial charge in [0.1, 0.15) is 0 Å². The molecule has 0 N–H and O–H groups in total. The van der Waals surface area contributed by atoms with Crippen LogP contribution in [0.5, 0.6) is 0 Å². The maximum absolute atomic E-state index is 4.23. The second-order valence-electron chi connectivity index (χ2n) is 7.28. The molecule has 0 fully saturated rings. The van der Waals surface area contributed by atoms with Crippen molar-refractivity contribution in [3.05, 3.63) is 33.9 Å². The van der Waals surface area contributed by atoms with Gasteiger partial charge >= 0.3 is 0 Å². The summed E-state index contributed by atoms with van der Waals surface area (Å²) in [7, 11) is 0. The van der Waals surface area contributed by atoms with Crippen LogP contribution in [-0.4, -0.2) is 12.8 Å². The SMILES string of the molecule is CC.CC1=C(C)C(C2=CCN=C2)=C(C)C1.CCCCCC(C)CCC. The van der Waals surface area contributed by atoms with Crippen LogP contribution in [-0.2, 0) is 0 Å². The molecule has 0 saturated carbocycles. The van der Waals surface area contributed by atoms with E-state index in [1.807, 2.05) is 20.1 Å². The van der Waals surface area contributed by atoms with Crippen molar-refractivity contribution in [2.75, 3.05) is 6.54 Å². The minimum atomic E-state index is 0.860. The Bertz CT molecular complexity index is 488. The second kappa shape index (κ2) is 14.1. The van der Waals surface area contributed by atoms with Gasteiger partial charge in [-0.2, -0.15) is 0 Å². The molecule has 1 aliphatic carbocycles. The molecular formula is C24H43N. The monoisotopic (exact) mass is 345 g/mol. The number of unbranched alkanes of at least 4 members (excludes halogenated alkanes) is 2. The fourth-order valence-corrected chi connectivity index (χ4v) is 3.52. The molecular weight excluding hydrogens is 302 g/mol. The molecule has 0 aromatic carbocycles. The maximum atomic E-state index is 4.23. The number of aliphatic imine (C=N–C) groups is 1.